The van der Waals surface area contributed by atoms with E-state index in [0.29, 0.717) is 6.42 Å². The highest BCUT2D eigenvalue weighted by molar-refractivity contribution is 7.89. The second-order valence-electron chi connectivity index (χ2n) is 4.34. The van der Waals surface area contributed by atoms with E-state index in [1.165, 1.54) is 6.92 Å². The third-order valence-corrected chi connectivity index (χ3v) is 4.40. The number of nitrogens with zero attached hydrogens (tertiary/aromatic N) is 1. The molecular weight excluding hydrogens is 296 g/mol. The summed E-state index contributed by atoms with van der Waals surface area (Å²) >= 11 is 0. The molecule has 112 valence electrons. The topological polar surface area (TPSA) is 109 Å². The van der Waals surface area contributed by atoms with Crippen molar-refractivity contribution in [2.45, 2.75) is 18.2 Å². The normalized spacial score (nSPS) is 11.5. The van der Waals surface area contributed by atoms with Crippen LogP contribution in [0.3, 0.4) is 0 Å². The first kappa shape index (κ1) is 15.2. The number of aromatic nitrogens is 1. The van der Waals surface area contributed by atoms with Crippen molar-refractivity contribution >= 4 is 16.0 Å². The number of sulfonamides is 1. The molecule has 0 spiro atoms. The summed E-state index contributed by atoms with van der Waals surface area (Å²) in [4.78, 5) is 14.5. The van der Waals surface area contributed by atoms with Crippen molar-refractivity contribution in [2.75, 3.05) is 6.54 Å². The van der Waals surface area contributed by atoms with Crippen LogP contribution in [0.1, 0.15) is 21.9 Å². The molecule has 0 saturated carbocycles. The fraction of sp³-hybridized carbons (Fsp3) is 0.231. The van der Waals surface area contributed by atoms with Gasteiger partial charge in [-0.05, 0) is 31.0 Å². The first-order chi connectivity index (χ1) is 9.90. The summed E-state index contributed by atoms with van der Waals surface area (Å²) in [5, 5.41) is 8.80. The van der Waals surface area contributed by atoms with Crippen LogP contribution in [0, 0.1) is 6.92 Å². The van der Waals surface area contributed by atoms with E-state index in [1.807, 2.05) is 0 Å². The number of pyridine rings is 1. The SMILES string of the molecule is Cc1oc(C(=O)O)cc1S(=O)(=O)NCCc1ccncc1. The highest BCUT2D eigenvalue weighted by atomic mass is 32.2. The van der Waals surface area contributed by atoms with Crippen LogP contribution >= 0.6 is 0 Å². The van der Waals surface area contributed by atoms with E-state index >= 15 is 0 Å². The Morgan fingerprint density at radius 3 is 2.62 bits per heavy atom. The van der Waals surface area contributed by atoms with Gasteiger partial charge in [-0.15, -0.1) is 0 Å². The Bertz CT molecular complexity index is 737. The Morgan fingerprint density at radius 2 is 2.05 bits per heavy atom. The van der Waals surface area contributed by atoms with Gasteiger partial charge in [-0.2, -0.15) is 0 Å². The van der Waals surface area contributed by atoms with E-state index in [-0.39, 0.29) is 17.2 Å². The molecule has 0 radical (unpaired) electrons. The fourth-order valence-corrected chi connectivity index (χ4v) is 3.00. The number of hydrogen-bond acceptors (Lipinski definition) is 5. The average Bonchev–Trinajstić information content (AvgIpc) is 2.83. The lowest BCUT2D eigenvalue weighted by Gasteiger charge is -2.05. The summed E-state index contributed by atoms with van der Waals surface area (Å²) in [6, 6.07) is 4.59. The van der Waals surface area contributed by atoms with Gasteiger partial charge in [-0.25, -0.2) is 17.9 Å². The minimum atomic E-state index is -3.80. The van der Waals surface area contributed by atoms with Crippen LogP contribution in [-0.2, 0) is 16.4 Å². The van der Waals surface area contributed by atoms with Crippen molar-refractivity contribution in [3.05, 3.63) is 47.7 Å². The van der Waals surface area contributed by atoms with Crippen molar-refractivity contribution in [3.63, 3.8) is 0 Å². The Kier molecular flexibility index (Phi) is 4.39. The van der Waals surface area contributed by atoms with Crippen LogP contribution in [0.5, 0.6) is 0 Å². The predicted molar refractivity (Wildman–Crippen MR) is 73.5 cm³/mol. The molecule has 2 N–H and O–H groups in total. The average molecular weight is 310 g/mol. The van der Waals surface area contributed by atoms with Crippen LogP contribution in [0.15, 0.2) is 39.9 Å². The van der Waals surface area contributed by atoms with Crippen LogP contribution in [0.2, 0.25) is 0 Å². The third-order valence-electron chi connectivity index (χ3n) is 2.83. The summed E-state index contributed by atoms with van der Waals surface area (Å²) < 4.78 is 31.5. The molecule has 8 heteroatoms. The quantitative estimate of drug-likeness (QED) is 0.829. The van der Waals surface area contributed by atoms with Crippen LogP contribution in [-0.4, -0.2) is 31.0 Å². The van der Waals surface area contributed by atoms with Crippen molar-refractivity contribution < 1.29 is 22.7 Å². The van der Waals surface area contributed by atoms with Crippen LogP contribution < -0.4 is 4.72 Å². The molecule has 0 unspecified atom stereocenters. The molecular formula is C13H14N2O5S. The van der Waals surface area contributed by atoms with Gasteiger partial charge in [0.15, 0.2) is 0 Å². The number of rotatable bonds is 6. The summed E-state index contributed by atoms with van der Waals surface area (Å²) in [5.74, 6) is -1.66. The Labute approximate surface area is 121 Å². The van der Waals surface area contributed by atoms with Gasteiger partial charge in [-0.1, -0.05) is 0 Å². The third kappa shape index (κ3) is 3.67. The summed E-state index contributed by atoms with van der Waals surface area (Å²) in [7, 11) is -3.80. The molecule has 0 aliphatic rings. The maximum Gasteiger partial charge on any atom is 0.371 e. The summed E-state index contributed by atoms with van der Waals surface area (Å²) in [5.41, 5.74) is 0.947. The second-order valence-corrected chi connectivity index (χ2v) is 6.07. The molecule has 0 saturated heterocycles. The molecule has 0 amide bonds. The number of aromatic carboxylic acids is 1. The Morgan fingerprint density at radius 1 is 1.38 bits per heavy atom. The maximum absolute atomic E-state index is 12.1. The summed E-state index contributed by atoms with van der Waals surface area (Å²) in [6.07, 6.45) is 3.76. The van der Waals surface area contributed by atoms with E-state index in [9.17, 15) is 13.2 Å². The highest BCUT2D eigenvalue weighted by Crippen LogP contribution is 2.19. The van der Waals surface area contributed by atoms with Gasteiger partial charge >= 0.3 is 5.97 Å². The zero-order chi connectivity index (χ0) is 15.5. The van der Waals surface area contributed by atoms with Gasteiger partial charge in [0, 0.05) is 25.0 Å². The monoisotopic (exact) mass is 310 g/mol. The van der Waals surface area contributed by atoms with Gasteiger partial charge in [0.2, 0.25) is 15.8 Å². The lowest BCUT2D eigenvalue weighted by Crippen LogP contribution is -2.26. The van der Waals surface area contributed by atoms with Crippen molar-refractivity contribution in [1.29, 1.82) is 0 Å². The molecule has 0 aromatic carbocycles. The van der Waals surface area contributed by atoms with Crippen LogP contribution in [0.25, 0.3) is 0 Å². The van der Waals surface area contributed by atoms with Gasteiger partial charge in [-0.3, -0.25) is 4.98 Å². The van der Waals surface area contributed by atoms with Crippen molar-refractivity contribution in [2.24, 2.45) is 0 Å². The fourth-order valence-electron chi connectivity index (χ4n) is 1.79. The van der Waals surface area contributed by atoms with Gasteiger partial charge < -0.3 is 9.52 Å². The number of nitrogens with one attached hydrogen (secondary N) is 1. The number of carbonyl (C=O) groups is 1. The lowest BCUT2D eigenvalue weighted by atomic mass is 10.2. The number of aryl methyl sites for hydroxylation is 1. The Hall–Kier alpha value is -2.19. The number of hydrogen-bond donors (Lipinski definition) is 2. The molecule has 0 bridgehead atoms. The zero-order valence-corrected chi connectivity index (χ0v) is 12.1. The maximum atomic E-state index is 12.1. The molecule has 2 aromatic rings. The van der Waals surface area contributed by atoms with Gasteiger partial charge in [0.25, 0.3) is 0 Å². The minimum absolute atomic E-state index is 0.0452. The predicted octanol–water partition coefficient (Wildman–Crippen LogP) is 1.20. The van der Waals surface area contributed by atoms with Crippen molar-refractivity contribution in [3.8, 4) is 0 Å². The molecule has 2 aromatic heterocycles. The smallest absolute Gasteiger partial charge is 0.371 e. The number of carboxylic acids is 1. The first-order valence-corrected chi connectivity index (χ1v) is 7.61. The Balaban J connectivity index is 2.07. The van der Waals surface area contributed by atoms with Crippen LogP contribution in [0.4, 0.5) is 0 Å². The van der Waals surface area contributed by atoms with Gasteiger partial charge in [0.05, 0.1) is 0 Å². The molecule has 21 heavy (non-hydrogen) atoms. The molecule has 2 rings (SSSR count). The van der Waals surface area contributed by atoms with E-state index in [0.717, 1.165) is 11.6 Å². The summed E-state index contributed by atoms with van der Waals surface area (Å²) in [6.45, 7) is 1.60. The number of carboxylic acid groups (broad SMARTS) is 1. The van der Waals surface area contributed by atoms with Gasteiger partial charge in [0.1, 0.15) is 10.7 Å². The number of furan rings is 1. The molecule has 0 aliphatic heterocycles. The molecule has 0 aliphatic carbocycles. The molecule has 0 atom stereocenters. The van der Waals surface area contributed by atoms with E-state index in [2.05, 4.69) is 9.71 Å². The van der Waals surface area contributed by atoms with E-state index in [1.54, 1.807) is 24.5 Å². The largest absolute Gasteiger partial charge is 0.475 e. The first-order valence-electron chi connectivity index (χ1n) is 6.12. The standard InChI is InChI=1S/C13H14N2O5S/c1-9-12(8-11(20-9)13(16)17)21(18,19)15-7-4-10-2-5-14-6-3-10/h2-3,5-6,8,15H,4,7H2,1H3,(H,16,17). The van der Waals surface area contributed by atoms with Crippen molar-refractivity contribution in [1.82, 2.24) is 9.71 Å². The molecule has 0 fully saturated rings. The lowest BCUT2D eigenvalue weighted by molar-refractivity contribution is 0.0661. The minimum Gasteiger partial charge on any atom is -0.475 e. The highest BCUT2D eigenvalue weighted by Gasteiger charge is 2.23. The molecule has 7 nitrogen and oxygen atoms in total. The molecule has 2 heterocycles. The second kappa shape index (κ2) is 6.06. The zero-order valence-electron chi connectivity index (χ0n) is 11.2. The van der Waals surface area contributed by atoms with E-state index < -0.39 is 21.8 Å². The van der Waals surface area contributed by atoms with E-state index in [4.69, 9.17) is 9.52 Å².